The van der Waals surface area contributed by atoms with Gasteiger partial charge in [-0.15, -0.1) is 0 Å². The molecule has 1 aromatic rings. The molecule has 0 bridgehead atoms. The van der Waals surface area contributed by atoms with Gasteiger partial charge in [-0.1, -0.05) is 0 Å². The van der Waals surface area contributed by atoms with Gasteiger partial charge in [0.2, 0.25) is 12.2 Å². The molecular weight excluding hydrogens is 264 g/mol. The fraction of sp³-hybridized carbons (Fsp3) is 0.667. The summed E-state index contributed by atoms with van der Waals surface area (Å²) >= 11 is 0. The maximum atomic E-state index is 11.8. The SMILES string of the molecule is CN(CCCCCO)C(=O)CCn1cnc([N+](=O)[O-])c1. The van der Waals surface area contributed by atoms with Gasteiger partial charge in [0.15, 0.2) is 0 Å². The van der Waals surface area contributed by atoms with Crippen molar-refractivity contribution in [2.24, 2.45) is 0 Å². The molecule has 0 spiro atoms. The molecule has 0 aromatic carbocycles. The van der Waals surface area contributed by atoms with Gasteiger partial charge in [0.1, 0.15) is 6.20 Å². The Morgan fingerprint density at radius 2 is 2.25 bits per heavy atom. The van der Waals surface area contributed by atoms with Gasteiger partial charge >= 0.3 is 5.82 Å². The van der Waals surface area contributed by atoms with E-state index in [1.165, 1.54) is 17.1 Å². The number of nitro groups is 1. The summed E-state index contributed by atoms with van der Waals surface area (Å²) in [6.45, 7) is 1.21. The second-order valence-electron chi connectivity index (χ2n) is 4.58. The van der Waals surface area contributed by atoms with Crippen molar-refractivity contribution >= 4 is 11.7 Å². The molecule has 0 fully saturated rings. The fourth-order valence-electron chi connectivity index (χ4n) is 1.74. The number of nitrogens with zero attached hydrogens (tertiary/aromatic N) is 4. The number of carbonyl (C=O) groups is 1. The Kier molecular flexibility index (Phi) is 6.65. The number of carbonyl (C=O) groups excluding carboxylic acids is 1. The minimum absolute atomic E-state index is 0.00893. The van der Waals surface area contributed by atoms with Crippen molar-refractivity contribution in [1.82, 2.24) is 14.5 Å². The molecule has 1 rings (SSSR count). The number of unbranched alkanes of at least 4 members (excludes halogenated alkanes) is 2. The molecule has 0 saturated carbocycles. The molecule has 0 radical (unpaired) electrons. The van der Waals surface area contributed by atoms with Crippen molar-refractivity contribution in [3.05, 3.63) is 22.6 Å². The zero-order valence-corrected chi connectivity index (χ0v) is 11.6. The lowest BCUT2D eigenvalue weighted by molar-refractivity contribution is -0.389. The van der Waals surface area contributed by atoms with E-state index in [1.807, 2.05) is 0 Å². The maximum Gasteiger partial charge on any atom is 0.381 e. The number of hydrogen-bond acceptors (Lipinski definition) is 5. The highest BCUT2D eigenvalue weighted by Gasteiger charge is 2.12. The topological polar surface area (TPSA) is 102 Å². The van der Waals surface area contributed by atoms with Crippen molar-refractivity contribution in [2.45, 2.75) is 32.2 Å². The summed E-state index contributed by atoms with van der Waals surface area (Å²) in [6, 6.07) is 0. The molecule has 0 unspecified atom stereocenters. The molecule has 0 aliphatic rings. The number of aliphatic hydroxyl groups is 1. The third-order valence-corrected chi connectivity index (χ3v) is 2.97. The lowest BCUT2D eigenvalue weighted by Gasteiger charge is -2.16. The van der Waals surface area contributed by atoms with Crippen LogP contribution >= 0.6 is 0 Å². The van der Waals surface area contributed by atoms with Crippen LogP contribution in [0.3, 0.4) is 0 Å². The highest BCUT2D eigenvalue weighted by molar-refractivity contribution is 5.75. The van der Waals surface area contributed by atoms with Crippen LogP contribution in [0, 0.1) is 10.1 Å². The van der Waals surface area contributed by atoms with Gasteiger partial charge in [0.05, 0.1) is 0 Å². The van der Waals surface area contributed by atoms with Crippen LogP contribution in [0.1, 0.15) is 25.7 Å². The highest BCUT2D eigenvalue weighted by atomic mass is 16.6. The molecule has 1 amide bonds. The number of rotatable bonds is 9. The third-order valence-electron chi connectivity index (χ3n) is 2.97. The quantitative estimate of drug-likeness (QED) is 0.410. The van der Waals surface area contributed by atoms with Crippen LogP contribution in [0.4, 0.5) is 5.82 Å². The Balaban J connectivity index is 2.29. The van der Waals surface area contributed by atoms with E-state index in [0.717, 1.165) is 19.3 Å². The summed E-state index contributed by atoms with van der Waals surface area (Å²) in [5.41, 5.74) is 0. The number of hydrogen-bond donors (Lipinski definition) is 1. The van der Waals surface area contributed by atoms with Crippen LogP contribution in [0.2, 0.25) is 0 Å². The van der Waals surface area contributed by atoms with E-state index in [0.29, 0.717) is 13.1 Å². The Morgan fingerprint density at radius 3 is 2.85 bits per heavy atom. The van der Waals surface area contributed by atoms with E-state index in [1.54, 1.807) is 11.9 Å². The van der Waals surface area contributed by atoms with E-state index in [4.69, 9.17) is 5.11 Å². The summed E-state index contributed by atoms with van der Waals surface area (Å²) in [5, 5.41) is 19.1. The van der Waals surface area contributed by atoms with Gasteiger partial charge in [0.25, 0.3) is 0 Å². The van der Waals surface area contributed by atoms with Crippen molar-refractivity contribution in [2.75, 3.05) is 20.2 Å². The van der Waals surface area contributed by atoms with E-state index >= 15 is 0 Å². The largest absolute Gasteiger partial charge is 0.396 e. The molecule has 1 N–H and O–H groups in total. The predicted octanol–water partition coefficient (Wildman–Crippen LogP) is 0.802. The zero-order valence-electron chi connectivity index (χ0n) is 11.6. The van der Waals surface area contributed by atoms with E-state index < -0.39 is 4.92 Å². The molecule has 0 aliphatic carbocycles. The van der Waals surface area contributed by atoms with E-state index in [2.05, 4.69) is 4.98 Å². The molecule has 20 heavy (non-hydrogen) atoms. The van der Waals surface area contributed by atoms with Gasteiger partial charge in [-0.05, 0) is 29.2 Å². The summed E-state index contributed by atoms with van der Waals surface area (Å²) < 4.78 is 1.54. The molecule has 1 aromatic heterocycles. The molecule has 0 atom stereocenters. The first-order valence-electron chi connectivity index (χ1n) is 6.55. The molecule has 1 heterocycles. The second-order valence-corrected chi connectivity index (χ2v) is 4.58. The number of aliphatic hydroxyl groups excluding tert-OH is 1. The average molecular weight is 284 g/mol. The van der Waals surface area contributed by atoms with Gasteiger partial charge in [-0.3, -0.25) is 4.79 Å². The minimum Gasteiger partial charge on any atom is -0.396 e. The molecule has 0 saturated heterocycles. The predicted molar refractivity (Wildman–Crippen MR) is 72.1 cm³/mol. The normalized spacial score (nSPS) is 10.5. The summed E-state index contributed by atoms with van der Waals surface area (Å²) in [7, 11) is 1.73. The van der Waals surface area contributed by atoms with Crippen LogP contribution in [0.15, 0.2) is 12.5 Å². The molecule has 8 heteroatoms. The number of amides is 1. The van der Waals surface area contributed by atoms with Crippen LogP contribution in [0.25, 0.3) is 0 Å². The standard InChI is InChI=1S/C12H20N4O4/c1-14(6-3-2-4-8-17)12(18)5-7-15-9-11(13-10-15)16(19)20/h9-10,17H,2-8H2,1H3. The van der Waals surface area contributed by atoms with Gasteiger partial charge in [-0.2, -0.15) is 0 Å². The van der Waals surface area contributed by atoms with Crippen LogP contribution in [0.5, 0.6) is 0 Å². The van der Waals surface area contributed by atoms with Gasteiger partial charge < -0.3 is 24.7 Å². The molecule has 8 nitrogen and oxygen atoms in total. The van der Waals surface area contributed by atoms with Crippen molar-refractivity contribution in [3.8, 4) is 0 Å². The van der Waals surface area contributed by atoms with Crippen molar-refractivity contribution in [3.63, 3.8) is 0 Å². The highest BCUT2D eigenvalue weighted by Crippen LogP contribution is 2.07. The van der Waals surface area contributed by atoms with Gasteiger partial charge in [-0.25, -0.2) is 0 Å². The second kappa shape index (κ2) is 8.26. The van der Waals surface area contributed by atoms with Crippen molar-refractivity contribution in [1.29, 1.82) is 0 Å². The Labute approximate surface area is 117 Å². The first-order chi connectivity index (χ1) is 9.54. The van der Waals surface area contributed by atoms with E-state index in [9.17, 15) is 14.9 Å². The van der Waals surface area contributed by atoms with Crippen molar-refractivity contribution < 1.29 is 14.8 Å². The lowest BCUT2D eigenvalue weighted by atomic mass is 10.2. The molecular formula is C12H20N4O4. The summed E-state index contributed by atoms with van der Waals surface area (Å²) in [4.78, 5) is 27.0. The summed E-state index contributed by atoms with van der Waals surface area (Å²) in [5.74, 6) is -0.222. The Morgan fingerprint density at radius 1 is 1.50 bits per heavy atom. The monoisotopic (exact) mass is 284 g/mol. The maximum absolute atomic E-state index is 11.8. The fourth-order valence-corrected chi connectivity index (χ4v) is 1.74. The summed E-state index contributed by atoms with van der Waals surface area (Å²) in [6.07, 6.45) is 5.45. The first kappa shape index (κ1) is 16.1. The first-order valence-corrected chi connectivity index (χ1v) is 6.55. The van der Waals surface area contributed by atoms with Crippen LogP contribution in [-0.4, -0.2) is 50.6 Å². The number of imidazole rings is 1. The molecule has 0 aliphatic heterocycles. The Bertz CT molecular complexity index is 446. The van der Waals surface area contributed by atoms with E-state index in [-0.39, 0.29) is 24.8 Å². The number of aryl methyl sites for hydroxylation is 1. The third kappa shape index (κ3) is 5.35. The minimum atomic E-state index is -0.564. The smallest absolute Gasteiger partial charge is 0.381 e. The van der Waals surface area contributed by atoms with Crippen LogP contribution in [-0.2, 0) is 11.3 Å². The number of aromatic nitrogens is 2. The average Bonchev–Trinajstić information content (AvgIpc) is 2.89. The zero-order chi connectivity index (χ0) is 15.0. The lowest BCUT2D eigenvalue weighted by Crippen LogP contribution is -2.28. The van der Waals surface area contributed by atoms with Gasteiger partial charge in [0, 0.05) is 33.2 Å². The molecule has 112 valence electrons. The Hall–Kier alpha value is -1.96. The van der Waals surface area contributed by atoms with Crippen LogP contribution < -0.4 is 0 Å².